The van der Waals surface area contributed by atoms with E-state index in [4.69, 9.17) is 10.5 Å². The molecule has 1 saturated heterocycles. The van der Waals surface area contributed by atoms with Gasteiger partial charge in [0.2, 0.25) is 0 Å². The summed E-state index contributed by atoms with van der Waals surface area (Å²) in [6, 6.07) is 14.5. The lowest BCUT2D eigenvalue weighted by atomic mass is 9.99. The van der Waals surface area contributed by atoms with Crippen molar-refractivity contribution in [2.45, 2.75) is 32.9 Å². The zero-order valence-corrected chi connectivity index (χ0v) is 19.3. The monoisotopic (exact) mass is 452 g/mol. The van der Waals surface area contributed by atoms with Crippen LogP contribution in [0.15, 0.2) is 48.5 Å². The van der Waals surface area contributed by atoms with Crippen molar-refractivity contribution in [1.29, 1.82) is 0 Å². The predicted octanol–water partition coefficient (Wildman–Crippen LogP) is 2.29. The molecule has 1 heterocycles. The maximum atomic E-state index is 12.5. The molecule has 1 aliphatic heterocycles. The average Bonchev–Trinajstić information content (AvgIpc) is 2.77. The minimum Gasteiger partial charge on any atom is -0.455 e. The van der Waals surface area contributed by atoms with Crippen molar-refractivity contribution < 1.29 is 19.1 Å². The van der Waals surface area contributed by atoms with Crippen LogP contribution in [-0.4, -0.2) is 60.5 Å². The number of piperazine rings is 1. The van der Waals surface area contributed by atoms with Gasteiger partial charge in [0.05, 0.1) is 12.5 Å². The molecule has 176 valence electrons. The molecule has 8 nitrogen and oxygen atoms in total. The second kappa shape index (κ2) is 11.5. The number of nitrogens with zero attached hydrogens (tertiary/aromatic N) is 2. The first-order valence-electron chi connectivity index (χ1n) is 11.1. The summed E-state index contributed by atoms with van der Waals surface area (Å²) < 4.78 is 5.23. The van der Waals surface area contributed by atoms with Gasteiger partial charge in [-0.15, -0.1) is 0 Å². The number of hydrogen-bond acceptors (Lipinski definition) is 5. The summed E-state index contributed by atoms with van der Waals surface area (Å²) in [6.45, 7) is 7.23. The molecule has 0 aromatic heterocycles. The van der Waals surface area contributed by atoms with Crippen LogP contribution in [0.25, 0.3) is 0 Å². The fourth-order valence-corrected chi connectivity index (χ4v) is 4.07. The summed E-state index contributed by atoms with van der Waals surface area (Å²) in [6.07, 6.45) is -0.106. The molecule has 0 saturated carbocycles. The zero-order chi connectivity index (χ0) is 23.8. The Kier molecular flexibility index (Phi) is 8.43. The lowest BCUT2D eigenvalue weighted by Gasteiger charge is -2.34. The van der Waals surface area contributed by atoms with Crippen molar-refractivity contribution in [3.05, 3.63) is 70.8 Å². The molecule has 0 spiro atoms. The molecule has 1 aliphatic rings. The van der Waals surface area contributed by atoms with Gasteiger partial charge in [-0.05, 0) is 30.5 Å². The number of nitrogens with one attached hydrogen (secondary N) is 1. The predicted molar refractivity (Wildman–Crippen MR) is 125 cm³/mol. The van der Waals surface area contributed by atoms with Gasteiger partial charge >= 0.3 is 12.0 Å². The number of benzene rings is 2. The van der Waals surface area contributed by atoms with Crippen molar-refractivity contribution in [2.24, 2.45) is 5.73 Å². The normalized spacial score (nSPS) is 15.0. The molecule has 0 aliphatic carbocycles. The Balaban J connectivity index is 1.45. The second-order valence-electron chi connectivity index (χ2n) is 8.43. The van der Waals surface area contributed by atoms with E-state index in [1.54, 1.807) is 4.90 Å². The van der Waals surface area contributed by atoms with Gasteiger partial charge in [-0.2, -0.15) is 0 Å². The Morgan fingerprint density at radius 3 is 2.42 bits per heavy atom. The van der Waals surface area contributed by atoms with Crippen LogP contribution in [0.4, 0.5) is 4.79 Å². The number of amides is 3. The molecule has 0 radical (unpaired) electrons. The van der Waals surface area contributed by atoms with Gasteiger partial charge < -0.3 is 20.7 Å². The summed E-state index contributed by atoms with van der Waals surface area (Å²) in [4.78, 5) is 40.4. The first kappa shape index (κ1) is 24.3. The largest absolute Gasteiger partial charge is 0.455 e. The molecule has 3 N–H and O–H groups in total. The lowest BCUT2D eigenvalue weighted by molar-refractivity contribution is -0.153. The lowest BCUT2D eigenvalue weighted by Crippen LogP contribution is -2.49. The molecule has 3 amide bonds. The van der Waals surface area contributed by atoms with Crippen molar-refractivity contribution >= 4 is 17.9 Å². The number of aryl methyl sites for hydroxylation is 2. The second-order valence-corrected chi connectivity index (χ2v) is 8.43. The number of carbonyl (C=O) groups is 3. The molecular weight excluding hydrogens is 420 g/mol. The molecule has 33 heavy (non-hydrogen) atoms. The van der Waals surface area contributed by atoms with E-state index in [9.17, 15) is 14.4 Å². The van der Waals surface area contributed by atoms with Gasteiger partial charge in [0.1, 0.15) is 0 Å². The first-order valence-corrected chi connectivity index (χ1v) is 11.1. The minimum absolute atomic E-state index is 0.106. The van der Waals surface area contributed by atoms with Crippen LogP contribution >= 0.6 is 0 Å². The highest BCUT2D eigenvalue weighted by molar-refractivity contribution is 5.81. The average molecular weight is 453 g/mol. The maximum Gasteiger partial charge on any atom is 0.312 e. The number of ether oxygens (including phenoxy) is 1. The third-order valence-electron chi connectivity index (χ3n) is 5.82. The molecule has 1 fully saturated rings. The van der Waals surface area contributed by atoms with Gasteiger partial charge in [0.25, 0.3) is 5.91 Å². The van der Waals surface area contributed by atoms with Crippen molar-refractivity contribution in [3.63, 3.8) is 0 Å². The van der Waals surface area contributed by atoms with E-state index in [1.807, 2.05) is 31.2 Å². The fourth-order valence-electron chi connectivity index (χ4n) is 4.07. The highest BCUT2D eigenvalue weighted by Crippen LogP contribution is 2.21. The summed E-state index contributed by atoms with van der Waals surface area (Å²) in [5, 5.41) is 2.58. The van der Waals surface area contributed by atoms with Crippen molar-refractivity contribution in [1.82, 2.24) is 15.1 Å². The van der Waals surface area contributed by atoms with E-state index in [0.29, 0.717) is 13.1 Å². The summed E-state index contributed by atoms with van der Waals surface area (Å²) in [5.74, 6) is -0.780. The van der Waals surface area contributed by atoms with E-state index < -0.39 is 18.0 Å². The van der Waals surface area contributed by atoms with E-state index in [0.717, 1.165) is 30.8 Å². The molecule has 1 atom stereocenters. The topological polar surface area (TPSA) is 105 Å². The molecule has 2 aromatic rings. The molecule has 8 heteroatoms. The smallest absolute Gasteiger partial charge is 0.312 e. The van der Waals surface area contributed by atoms with Crippen LogP contribution in [0.2, 0.25) is 0 Å². The summed E-state index contributed by atoms with van der Waals surface area (Å²) in [5.41, 5.74) is 9.47. The summed E-state index contributed by atoms with van der Waals surface area (Å²) in [7, 11) is 0. The standard InChI is InChI=1S/C25H32N4O4/c1-18-6-5-8-20(14-18)16-28-10-12-29(13-11-28)23(30)17-33-24(31)15-22(27-25(26)32)21-9-4-3-7-19(21)2/h3-9,14,22H,10-13,15-17H2,1-2H3,(H3,26,27,32). The van der Waals surface area contributed by atoms with Gasteiger partial charge in [-0.25, -0.2) is 4.79 Å². The van der Waals surface area contributed by atoms with Gasteiger partial charge in [-0.3, -0.25) is 14.5 Å². The van der Waals surface area contributed by atoms with E-state index >= 15 is 0 Å². The van der Waals surface area contributed by atoms with Crippen LogP contribution < -0.4 is 11.1 Å². The number of esters is 1. The van der Waals surface area contributed by atoms with Crippen LogP contribution in [0, 0.1) is 13.8 Å². The third-order valence-corrected chi connectivity index (χ3v) is 5.82. The number of hydrogen-bond donors (Lipinski definition) is 2. The van der Waals surface area contributed by atoms with Crippen LogP contribution in [0.3, 0.4) is 0 Å². The van der Waals surface area contributed by atoms with Crippen LogP contribution in [0.5, 0.6) is 0 Å². The molecule has 2 aromatic carbocycles. The van der Waals surface area contributed by atoms with Gasteiger partial charge in [0, 0.05) is 32.7 Å². The van der Waals surface area contributed by atoms with E-state index in [2.05, 4.69) is 41.4 Å². The minimum atomic E-state index is -0.726. The van der Waals surface area contributed by atoms with Crippen LogP contribution in [-0.2, 0) is 20.9 Å². The fraction of sp³-hybridized carbons (Fsp3) is 0.400. The molecule has 3 rings (SSSR count). The van der Waals surface area contributed by atoms with E-state index in [-0.39, 0.29) is 18.9 Å². The number of rotatable bonds is 8. The molecule has 0 bridgehead atoms. The third kappa shape index (κ3) is 7.32. The Bertz CT molecular complexity index is 986. The van der Waals surface area contributed by atoms with Crippen molar-refractivity contribution in [3.8, 4) is 0 Å². The Morgan fingerprint density at radius 2 is 1.76 bits per heavy atom. The Hall–Kier alpha value is -3.39. The summed E-state index contributed by atoms with van der Waals surface area (Å²) >= 11 is 0. The number of urea groups is 1. The quantitative estimate of drug-likeness (QED) is 0.598. The SMILES string of the molecule is Cc1cccc(CN2CCN(C(=O)COC(=O)CC(NC(N)=O)c3ccccc3C)CC2)c1. The first-order chi connectivity index (χ1) is 15.8. The zero-order valence-electron chi connectivity index (χ0n) is 19.3. The molecular formula is C25H32N4O4. The number of primary amides is 1. The highest BCUT2D eigenvalue weighted by atomic mass is 16.5. The van der Waals surface area contributed by atoms with Crippen molar-refractivity contribution in [2.75, 3.05) is 32.8 Å². The Labute approximate surface area is 194 Å². The maximum absolute atomic E-state index is 12.5. The Morgan fingerprint density at radius 1 is 1.03 bits per heavy atom. The van der Waals surface area contributed by atoms with E-state index in [1.165, 1.54) is 11.1 Å². The van der Waals surface area contributed by atoms with Crippen LogP contribution in [0.1, 0.15) is 34.7 Å². The highest BCUT2D eigenvalue weighted by Gasteiger charge is 2.24. The molecule has 1 unspecified atom stereocenters. The number of carbonyl (C=O) groups excluding carboxylic acids is 3. The van der Waals surface area contributed by atoms with Gasteiger partial charge in [0.15, 0.2) is 6.61 Å². The number of nitrogens with two attached hydrogens (primary N) is 1. The van der Waals surface area contributed by atoms with Gasteiger partial charge in [-0.1, -0.05) is 54.1 Å².